The summed E-state index contributed by atoms with van der Waals surface area (Å²) < 4.78 is 0. The number of carbonyl (C=O) groups is 1. The summed E-state index contributed by atoms with van der Waals surface area (Å²) in [5.74, 6) is 0. The summed E-state index contributed by atoms with van der Waals surface area (Å²) >= 11 is 0. The second-order valence-corrected chi connectivity index (χ2v) is 5.81. The van der Waals surface area contributed by atoms with Crippen LogP contribution in [0.2, 0.25) is 0 Å². The van der Waals surface area contributed by atoms with Gasteiger partial charge < -0.3 is 20.9 Å². The Kier molecular flexibility index (Phi) is 5.59. The van der Waals surface area contributed by atoms with Crippen LogP contribution in [0, 0.1) is 0 Å². The van der Waals surface area contributed by atoms with Gasteiger partial charge in [-0.25, -0.2) is 4.79 Å². The molecule has 0 aromatic heterocycles. The fourth-order valence-corrected chi connectivity index (χ4v) is 2.56. The topological polar surface area (TPSA) is 56.4 Å². The van der Waals surface area contributed by atoms with Crippen LogP contribution in [0.5, 0.6) is 0 Å². The van der Waals surface area contributed by atoms with E-state index in [1.54, 1.807) is 0 Å². The van der Waals surface area contributed by atoms with E-state index < -0.39 is 0 Å². The number of hydrogen-bond acceptors (Lipinski definition) is 3. The van der Waals surface area contributed by atoms with Crippen molar-refractivity contribution in [1.82, 2.24) is 15.5 Å². The van der Waals surface area contributed by atoms with Crippen LogP contribution in [0.4, 0.5) is 10.5 Å². The zero-order valence-corrected chi connectivity index (χ0v) is 13.1. The Morgan fingerprint density at radius 1 is 1.33 bits per heavy atom. The van der Waals surface area contributed by atoms with Gasteiger partial charge in [0.15, 0.2) is 0 Å². The molecular formula is C16H26N4O. The zero-order chi connectivity index (χ0) is 15.2. The number of likely N-dealkylation sites (tertiary alicyclic amines) is 1. The smallest absolute Gasteiger partial charge is 0.319 e. The number of piperidine rings is 1. The molecule has 1 unspecified atom stereocenters. The second-order valence-electron chi connectivity index (χ2n) is 5.81. The standard InChI is InChI=1S/C16H26N4O/c1-12(17-2)13-5-4-6-15(11-13)19-16(21)18-14-7-9-20(3)10-8-14/h4-6,11-12,14,17H,7-10H2,1-3H3,(H2,18,19,21). The molecule has 116 valence electrons. The molecule has 5 nitrogen and oxygen atoms in total. The van der Waals surface area contributed by atoms with Crippen LogP contribution >= 0.6 is 0 Å². The zero-order valence-electron chi connectivity index (χ0n) is 13.1. The molecule has 5 heteroatoms. The minimum absolute atomic E-state index is 0.112. The molecule has 1 aliphatic rings. The predicted octanol–water partition coefficient (Wildman–Crippen LogP) is 2.18. The Labute approximate surface area is 127 Å². The van der Waals surface area contributed by atoms with Crippen LogP contribution in [-0.2, 0) is 0 Å². The Bertz CT molecular complexity index is 469. The average molecular weight is 290 g/mol. The maximum absolute atomic E-state index is 12.1. The Morgan fingerprint density at radius 2 is 2.05 bits per heavy atom. The van der Waals surface area contributed by atoms with Crippen LogP contribution in [0.3, 0.4) is 0 Å². The number of nitrogens with one attached hydrogen (secondary N) is 3. The maximum Gasteiger partial charge on any atom is 0.319 e. The number of rotatable bonds is 4. The van der Waals surface area contributed by atoms with Crippen molar-refractivity contribution in [2.75, 3.05) is 32.5 Å². The van der Waals surface area contributed by atoms with Crippen molar-refractivity contribution in [2.24, 2.45) is 0 Å². The van der Waals surface area contributed by atoms with E-state index in [0.29, 0.717) is 0 Å². The van der Waals surface area contributed by atoms with Crippen LogP contribution in [0.1, 0.15) is 31.4 Å². The number of amides is 2. The number of nitrogens with zero attached hydrogens (tertiary/aromatic N) is 1. The van der Waals surface area contributed by atoms with Crippen LogP contribution in [0.25, 0.3) is 0 Å². The number of urea groups is 1. The van der Waals surface area contributed by atoms with E-state index in [2.05, 4.69) is 40.9 Å². The Balaban J connectivity index is 1.87. The molecule has 2 amide bonds. The first-order valence-corrected chi connectivity index (χ1v) is 7.62. The van der Waals surface area contributed by atoms with Gasteiger partial charge in [-0.1, -0.05) is 12.1 Å². The van der Waals surface area contributed by atoms with Gasteiger partial charge in [-0.2, -0.15) is 0 Å². The molecule has 1 aromatic carbocycles. The summed E-state index contributed by atoms with van der Waals surface area (Å²) in [6, 6.07) is 8.38. The van der Waals surface area contributed by atoms with Crippen molar-refractivity contribution in [3.63, 3.8) is 0 Å². The molecule has 21 heavy (non-hydrogen) atoms. The molecule has 1 fully saturated rings. The summed E-state index contributed by atoms with van der Waals surface area (Å²) in [6.07, 6.45) is 2.03. The average Bonchev–Trinajstić information content (AvgIpc) is 2.49. The lowest BCUT2D eigenvalue weighted by molar-refractivity contribution is 0.221. The molecular weight excluding hydrogens is 264 g/mol. The fourth-order valence-electron chi connectivity index (χ4n) is 2.56. The van der Waals surface area contributed by atoms with Gasteiger partial charge in [0.2, 0.25) is 0 Å². The molecule has 0 aliphatic carbocycles. The van der Waals surface area contributed by atoms with E-state index in [4.69, 9.17) is 0 Å². The van der Waals surface area contributed by atoms with Crippen molar-refractivity contribution >= 4 is 11.7 Å². The molecule has 0 bridgehead atoms. The highest BCUT2D eigenvalue weighted by Gasteiger charge is 2.18. The van der Waals surface area contributed by atoms with Crippen LogP contribution in [0.15, 0.2) is 24.3 Å². The van der Waals surface area contributed by atoms with Crippen molar-refractivity contribution in [2.45, 2.75) is 31.8 Å². The van der Waals surface area contributed by atoms with Gasteiger partial charge in [0, 0.05) is 17.8 Å². The summed E-state index contributed by atoms with van der Waals surface area (Å²) in [4.78, 5) is 14.4. The van der Waals surface area contributed by atoms with Crippen LogP contribution in [-0.4, -0.2) is 44.2 Å². The lowest BCUT2D eigenvalue weighted by Gasteiger charge is -2.29. The normalized spacial score (nSPS) is 18.2. The fraction of sp³-hybridized carbons (Fsp3) is 0.562. The van der Waals surface area contributed by atoms with E-state index in [1.165, 1.54) is 0 Å². The van der Waals surface area contributed by atoms with Gasteiger partial charge in [-0.15, -0.1) is 0 Å². The highest BCUT2D eigenvalue weighted by molar-refractivity contribution is 5.89. The third-order valence-electron chi connectivity index (χ3n) is 4.13. The minimum Gasteiger partial charge on any atom is -0.335 e. The van der Waals surface area contributed by atoms with E-state index >= 15 is 0 Å². The van der Waals surface area contributed by atoms with Crippen molar-refractivity contribution in [3.8, 4) is 0 Å². The number of anilines is 1. The van der Waals surface area contributed by atoms with Crippen molar-refractivity contribution < 1.29 is 4.79 Å². The molecule has 1 aliphatic heterocycles. The molecule has 0 radical (unpaired) electrons. The summed E-state index contributed by atoms with van der Waals surface area (Å²) in [7, 11) is 4.04. The van der Waals surface area contributed by atoms with Crippen molar-refractivity contribution in [3.05, 3.63) is 29.8 Å². The molecule has 1 aromatic rings. The van der Waals surface area contributed by atoms with Gasteiger partial charge in [0.1, 0.15) is 0 Å². The Hall–Kier alpha value is -1.59. The van der Waals surface area contributed by atoms with Gasteiger partial charge >= 0.3 is 6.03 Å². The highest BCUT2D eigenvalue weighted by atomic mass is 16.2. The number of carbonyl (C=O) groups excluding carboxylic acids is 1. The largest absolute Gasteiger partial charge is 0.335 e. The van der Waals surface area contributed by atoms with Crippen LogP contribution < -0.4 is 16.0 Å². The van der Waals surface area contributed by atoms with Crippen molar-refractivity contribution in [1.29, 1.82) is 0 Å². The predicted molar refractivity (Wildman–Crippen MR) is 86.6 cm³/mol. The molecule has 0 spiro atoms. The minimum atomic E-state index is -0.112. The summed E-state index contributed by atoms with van der Waals surface area (Å²) in [5.41, 5.74) is 2.00. The lowest BCUT2D eigenvalue weighted by Crippen LogP contribution is -2.44. The van der Waals surface area contributed by atoms with E-state index in [0.717, 1.165) is 37.2 Å². The number of hydrogen-bond donors (Lipinski definition) is 3. The highest BCUT2D eigenvalue weighted by Crippen LogP contribution is 2.17. The van der Waals surface area contributed by atoms with Gasteiger partial charge in [-0.3, -0.25) is 0 Å². The first kappa shape index (κ1) is 15.8. The SMILES string of the molecule is CNC(C)c1cccc(NC(=O)NC2CCN(C)CC2)c1. The lowest BCUT2D eigenvalue weighted by atomic mass is 10.1. The molecule has 2 rings (SSSR count). The number of benzene rings is 1. The molecule has 1 heterocycles. The van der Waals surface area contributed by atoms with E-state index in [-0.39, 0.29) is 18.1 Å². The van der Waals surface area contributed by atoms with Gasteiger partial charge in [-0.05, 0) is 64.6 Å². The first-order valence-electron chi connectivity index (χ1n) is 7.62. The molecule has 3 N–H and O–H groups in total. The molecule has 0 saturated carbocycles. The quantitative estimate of drug-likeness (QED) is 0.796. The monoisotopic (exact) mass is 290 g/mol. The van der Waals surface area contributed by atoms with E-state index in [1.807, 2.05) is 25.2 Å². The third kappa shape index (κ3) is 4.72. The van der Waals surface area contributed by atoms with E-state index in [9.17, 15) is 4.79 Å². The summed E-state index contributed by atoms with van der Waals surface area (Å²) in [5, 5.41) is 9.19. The summed E-state index contributed by atoms with van der Waals surface area (Å²) in [6.45, 7) is 4.18. The third-order valence-corrected chi connectivity index (χ3v) is 4.13. The first-order chi connectivity index (χ1) is 10.1. The second kappa shape index (κ2) is 7.43. The Morgan fingerprint density at radius 3 is 2.71 bits per heavy atom. The van der Waals surface area contributed by atoms with Gasteiger partial charge in [0.25, 0.3) is 0 Å². The maximum atomic E-state index is 12.1. The van der Waals surface area contributed by atoms with Gasteiger partial charge in [0.05, 0.1) is 0 Å². The molecule has 1 saturated heterocycles. The molecule has 1 atom stereocenters.